The van der Waals surface area contributed by atoms with Crippen molar-refractivity contribution in [2.24, 2.45) is 5.92 Å². The van der Waals surface area contributed by atoms with Gasteiger partial charge in [0.15, 0.2) is 9.84 Å². The van der Waals surface area contributed by atoms with Crippen LogP contribution in [0, 0.1) is 5.92 Å². The summed E-state index contributed by atoms with van der Waals surface area (Å²) in [7, 11) is -2.09. The molecule has 1 aliphatic heterocycles. The number of carbonyl (C=O) groups excluding carboxylic acids is 1. The van der Waals surface area contributed by atoms with Crippen molar-refractivity contribution in [2.45, 2.75) is 11.3 Å². The van der Waals surface area contributed by atoms with E-state index >= 15 is 0 Å². The summed E-state index contributed by atoms with van der Waals surface area (Å²) in [6, 6.07) is 11.5. The van der Waals surface area contributed by atoms with Crippen LogP contribution in [0.3, 0.4) is 0 Å². The predicted molar refractivity (Wildman–Crippen MR) is 106 cm³/mol. The van der Waals surface area contributed by atoms with Crippen LogP contribution in [-0.4, -0.2) is 40.4 Å². The van der Waals surface area contributed by atoms with Crippen molar-refractivity contribution in [1.29, 1.82) is 0 Å². The predicted octanol–water partition coefficient (Wildman–Crippen LogP) is 3.52. The van der Waals surface area contributed by atoms with Gasteiger partial charge in [0.2, 0.25) is 0 Å². The van der Waals surface area contributed by atoms with Crippen LogP contribution in [0.1, 0.15) is 16.8 Å². The zero-order valence-corrected chi connectivity index (χ0v) is 17.2. The van der Waals surface area contributed by atoms with E-state index < -0.39 is 15.7 Å². The number of benzene rings is 2. The molecule has 3 rings (SSSR count). The van der Waals surface area contributed by atoms with E-state index in [2.05, 4.69) is 21.2 Å². The molecule has 8 heteroatoms. The molecule has 1 amide bonds. The number of hydrogen-bond donors (Lipinski definition) is 1. The Kier molecular flexibility index (Phi) is 6.18. The third-order valence-corrected chi connectivity index (χ3v) is 6.71. The fraction of sp³-hybridized carbons (Fsp3) is 0.316. The highest BCUT2D eigenvalue weighted by Crippen LogP contribution is 2.27. The number of rotatable bonds is 6. The second-order valence-corrected chi connectivity index (χ2v) is 9.29. The standard InChI is InChI=1S/C19H20BrNO5S/c1-25-18-6-5-16(27(23,24)12-13-7-8-26-11-13)10-17(18)19(22)21-15-4-2-3-14(20)9-15/h2-6,9-10,13H,7-8,11-12H2,1H3,(H,21,22)/t13-/m0/s1. The maximum absolute atomic E-state index is 12.7. The molecule has 0 radical (unpaired) electrons. The Balaban J connectivity index is 1.87. The smallest absolute Gasteiger partial charge is 0.259 e. The summed E-state index contributed by atoms with van der Waals surface area (Å²) in [6.07, 6.45) is 0.728. The molecule has 1 N–H and O–H groups in total. The molecule has 0 bridgehead atoms. The number of halogens is 1. The number of ether oxygens (including phenoxy) is 2. The van der Waals surface area contributed by atoms with Crippen molar-refractivity contribution in [1.82, 2.24) is 0 Å². The maximum Gasteiger partial charge on any atom is 0.259 e. The molecule has 0 unspecified atom stereocenters. The first-order valence-electron chi connectivity index (χ1n) is 8.44. The zero-order valence-electron chi connectivity index (χ0n) is 14.8. The minimum absolute atomic E-state index is 0.00597. The molecule has 0 saturated carbocycles. The number of methoxy groups -OCH3 is 1. The zero-order chi connectivity index (χ0) is 19.4. The molecule has 1 fully saturated rings. The van der Waals surface area contributed by atoms with Gasteiger partial charge >= 0.3 is 0 Å². The minimum Gasteiger partial charge on any atom is -0.496 e. The van der Waals surface area contributed by atoms with Crippen LogP contribution >= 0.6 is 15.9 Å². The third-order valence-electron chi connectivity index (χ3n) is 4.34. The van der Waals surface area contributed by atoms with Gasteiger partial charge in [-0.05, 0) is 48.7 Å². The van der Waals surface area contributed by atoms with Gasteiger partial charge in [-0.3, -0.25) is 4.79 Å². The van der Waals surface area contributed by atoms with Gasteiger partial charge in [0.25, 0.3) is 5.91 Å². The van der Waals surface area contributed by atoms with E-state index in [1.807, 2.05) is 6.07 Å². The monoisotopic (exact) mass is 453 g/mol. The van der Waals surface area contributed by atoms with Gasteiger partial charge in [0, 0.05) is 16.8 Å². The first-order valence-corrected chi connectivity index (χ1v) is 10.9. The van der Waals surface area contributed by atoms with E-state index in [4.69, 9.17) is 9.47 Å². The lowest BCUT2D eigenvalue weighted by atomic mass is 10.1. The molecule has 27 heavy (non-hydrogen) atoms. The normalized spacial score (nSPS) is 16.9. The van der Waals surface area contributed by atoms with Crippen LogP contribution in [0.2, 0.25) is 0 Å². The number of carbonyl (C=O) groups is 1. The number of sulfone groups is 1. The van der Waals surface area contributed by atoms with Gasteiger partial charge in [-0.1, -0.05) is 22.0 Å². The highest BCUT2D eigenvalue weighted by Gasteiger charge is 2.26. The Bertz CT molecular complexity index is 939. The summed E-state index contributed by atoms with van der Waals surface area (Å²) in [5.41, 5.74) is 0.758. The Morgan fingerprint density at radius 2 is 2.11 bits per heavy atom. The van der Waals surface area contributed by atoms with Gasteiger partial charge in [0.05, 0.1) is 29.9 Å². The molecule has 1 atom stereocenters. The maximum atomic E-state index is 12.7. The summed E-state index contributed by atoms with van der Waals surface area (Å²) in [5, 5.41) is 2.76. The third kappa shape index (κ3) is 4.88. The van der Waals surface area contributed by atoms with Gasteiger partial charge in [-0.2, -0.15) is 0 Å². The molecular weight excluding hydrogens is 434 g/mol. The van der Waals surface area contributed by atoms with E-state index in [0.29, 0.717) is 24.7 Å². The van der Waals surface area contributed by atoms with Crippen LogP contribution in [-0.2, 0) is 14.6 Å². The molecule has 2 aromatic carbocycles. The Morgan fingerprint density at radius 3 is 2.78 bits per heavy atom. The van der Waals surface area contributed by atoms with E-state index in [-0.39, 0.29) is 22.1 Å². The highest BCUT2D eigenvalue weighted by molar-refractivity contribution is 9.10. The van der Waals surface area contributed by atoms with Crippen molar-refractivity contribution in [3.63, 3.8) is 0 Å². The summed E-state index contributed by atoms with van der Waals surface area (Å²) < 4.78 is 36.8. The second-order valence-electron chi connectivity index (χ2n) is 6.34. The average Bonchev–Trinajstić information content (AvgIpc) is 3.13. The second kappa shape index (κ2) is 8.41. The Morgan fingerprint density at radius 1 is 1.30 bits per heavy atom. The molecule has 2 aromatic rings. The SMILES string of the molecule is COc1ccc(S(=O)(=O)C[C@H]2CCOC2)cc1C(=O)Nc1cccc(Br)c1. The number of nitrogens with one attached hydrogen (secondary N) is 1. The lowest BCUT2D eigenvalue weighted by Crippen LogP contribution is -2.18. The van der Waals surface area contributed by atoms with Crippen LogP contribution in [0.4, 0.5) is 5.69 Å². The van der Waals surface area contributed by atoms with Gasteiger partial charge in [0.1, 0.15) is 5.75 Å². The fourth-order valence-corrected chi connectivity index (χ4v) is 4.99. The summed E-state index contributed by atoms with van der Waals surface area (Å²) >= 11 is 3.35. The van der Waals surface area contributed by atoms with Crippen molar-refractivity contribution >= 4 is 37.4 Å². The lowest BCUT2D eigenvalue weighted by Gasteiger charge is -2.13. The molecule has 6 nitrogen and oxygen atoms in total. The topological polar surface area (TPSA) is 81.7 Å². The van der Waals surface area contributed by atoms with Crippen LogP contribution in [0.25, 0.3) is 0 Å². The molecular formula is C19H20BrNO5S. The summed E-state index contributed by atoms with van der Waals surface area (Å²) in [5.74, 6) is -0.139. The molecule has 0 spiro atoms. The number of anilines is 1. The van der Waals surface area contributed by atoms with Crippen molar-refractivity contribution < 1.29 is 22.7 Å². The van der Waals surface area contributed by atoms with E-state index in [1.54, 1.807) is 18.2 Å². The van der Waals surface area contributed by atoms with Gasteiger partial charge in [-0.25, -0.2) is 8.42 Å². The molecule has 0 aromatic heterocycles. The molecule has 1 aliphatic rings. The number of hydrogen-bond acceptors (Lipinski definition) is 5. The molecule has 0 aliphatic carbocycles. The largest absolute Gasteiger partial charge is 0.496 e. The van der Waals surface area contributed by atoms with Crippen molar-refractivity contribution in [3.8, 4) is 5.75 Å². The lowest BCUT2D eigenvalue weighted by molar-refractivity contribution is 0.102. The first-order chi connectivity index (χ1) is 12.9. The van der Waals surface area contributed by atoms with E-state index in [1.165, 1.54) is 25.3 Å². The van der Waals surface area contributed by atoms with Crippen LogP contribution in [0.5, 0.6) is 5.75 Å². The number of amides is 1. The van der Waals surface area contributed by atoms with Crippen LogP contribution in [0.15, 0.2) is 51.8 Å². The highest BCUT2D eigenvalue weighted by atomic mass is 79.9. The molecule has 144 valence electrons. The first kappa shape index (κ1) is 19.9. The molecule has 1 heterocycles. The van der Waals surface area contributed by atoms with E-state index in [9.17, 15) is 13.2 Å². The summed E-state index contributed by atoms with van der Waals surface area (Å²) in [6.45, 7) is 1.04. The van der Waals surface area contributed by atoms with Crippen molar-refractivity contribution in [3.05, 3.63) is 52.5 Å². The Labute approximate surface area is 166 Å². The Hall–Kier alpha value is -1.90. The van der Waals surface area contributed by atoms with E-state index in [0.717, 1.165) is 10.9 Å². The summed E-state index contributed by atoms with van der Waals surface area (Å²) in [4.78, 5) is 12.8. The van der Waals surface area contributed by atoms with Crippen molar-refractivity contribution in [2.75, 3.05) is 31.4 Å². The van der Waals surface area contributed by atoms with Crippen LogP contribution < -0.4 is 10.1 Å². The van der Waals surface area contributed by atoms with Gasteiger partial charge in [-0.15, -0.1) is 0 Å². The minimum atomic E-state index is -3.53. The van der Waals surface area contributed by atoms with Gasteiger partial charge < -0.3 is 14.8 Å². The molecule has 1 saturated heterocycles. The fourth-order valence-electron chi connectivity index (χ4n) is 2.94. The average molecular weight is 454 g/mol. The quantitative estimate of drug-likeness (QED) is 0.723.